The minimum absolute atomic E-state index is 0.130. The van der Waals surface area contributed by atoms with E-state index in [1.54, 1.807) is 12.1 Å². The van der Waals surface area contributed by atoms with Crippen LogP contribution in [0, 0.1) is 0 Å². The molecule has 1 unspecified atom stereocenters. The molecular formula is C12H17N3O3. The van der Waals surface area contributed by atoms with Crippen molar-refractivity contribution in [2.24, 2.45) is 5.73 Å². The molecule has 1 heterocycles. The molecule has 0 aliphatic carbocycles. The largest absolute Gasteiger partial charge is 0.481 e. The number of hydrogen-bond donors (Lipinski definition) is 3. The second-order valence-corrected chi connectivity index (χ2v) is 4.03. The van der Waals surface area contributed by atoms with Gasteiger partial charge in [0.25, 0.3) is 0 Å². The van der Waals surface area contributed by atoms with Gasteiger partial charge in [0, 0.05) is 12.5 Å². The van der Waals surface area contributed by atoms with Gasteiger partial charge in [-0.2, -0.15) is 0 Å². The van der Waals surface area contributed by atoms with E-state index < -0.39 is 5.97 Å². The fourth-order valence-corrected chi connectivity index (χ4v) is 1.35. The molecule has 1 rings (SSSR count). The molecule has 0 saturated carbocycles. The van der Waals surface area contributed by atoms with Gasteiger partial charge >= 0.3 is 5.97 Å². The highest BCUT2D eigenvalue weighted by Gasteiger charge is 2.08. The van der Waals surface area contributed by atoms with Gasteiger partial charge in [0.2, 0.25) is 5.91 Å². The monoisotopic (exact) mass is 251 g/mol. The number of carbonyl (C=O) groups excluding carboxylic acids is 1. The van der Waals surface area contributed by atoms with Gasteiger partial charge in [-0.15, -0.1) is 0 Å². The summed E-state index contributed by atoms with van der Waals surface area (Å²) in [5.74, 6) is -1.11. The summed E-state index contributed by atoms with van der Waals surface area (Å²) in [6, 6.07) is 3.05. The molecule has 1 atom stereocenters. The molecule has 0 aliphatic rings. The summed E-state index contributed by atoms with van der Waals surface area (Å²) in [7, 11) is 0. The Morgan fingerprint density at radius 1 is 1.50 bits per heavy atom. The van der Waals surface area contributed by atoms with Gasteiger partial charge in [0.15, 0.2) is 0 Å². The smallest absolute Gasteiger partial charge is 0.309 e. The van der Waals surface area contributed by atoms with Crippen LogP contribution in [0.3, 0.4) is 0 Å². The van der Waals surface area contributed by atoms with Gasteiger partial charge in [0.05, 0.1) is 24.0 Å². The predicted molar refractivity (Wildman–Crippen MR) is 67.1 cm³/mol. The predicted octanol–water partition coefficient (Wildman–Crippen LogP) is 0.775. The Labute approximate surface area is 105 Å². The van der Waals surface area contributed by atoms with E-state index in [0.29, 0.717) is 11.4 Å². The molecule has 0 aliphatic heterocycles. The Bertz CT molecular complexity index is 417. The van der Waals surface area contributed by atoms with Gasteiger partial charge in [-0.3, -0.25) is 14.6 Å². The summed E-state index contributed by atoms with van der Waals surface area (Å²) in [6.07, 6.45) is 2.30. The number of carboxylic acid groups (broad SMARTS) is 1. The number of nitrogens with zero attached hydrogens (tertiary/aromatic N) is 1. The molecular weight excluding hydrogens is 234 g/mol. The molecule has 98 valence electrons. The lowest BCUT2D eigenvalue weighted by molar-refractivity contribution is -0.136. The first-order valence-electron chi connectivity index (χ1n) is 5.73. The summed E-state index contributed by atoms with van der Waals surface area (Å²) in [5, 5.41) is 11.2. The van der Waals surface area contributed by atoms with Crippen LogP contribution < -0.4 is 11.1 Å². The number of hydrogen-bond acceptors (Lipinski definition) is 4. The normalized spacial score (nSPS) is 11.9. The minimum atomic E-state index is -0.937. The van der Waals surface area contributed by atoms with Crippen molar-refractivity contribution < 1.29 is 14.7 Å². The van der Waals surface area contributed by atoms with E-state index in [9.17, 15) is 9.59 Å². The Hall–Kier alpha value is -1.95. The number of pyridine rings is 1. The lowest BCUT2D eigenvalue weighted by atomic mass is 10.1. The van der Waals surface area contributed by atoms with Crippen LogP contribution in [0.5, 0.6) is 0 Å². The van der Waals surface area contributed by atoms with Crippen LogP contribution in [-0.2, 0) is 16.0 Å². The maximum Gasteiger partial charge on any atom is 0.309 e. The molecule has 1 aromatic rings. The van der Waals surface area contributed by atoms with Crippen LogP contribution in [0.25, 0.3) is 0 Å². The van der Waals surface area contributed by atoms with Crippen LogP contribution in [0.15, 0.2) is 18.3 Å². The molecule has 0 aromatic carbocycles. The molecule has 4 N–H and O–H groups in total. The molecule has 0 saturated heterocycles. The maximum absolute atomic E-state index is 11.5. The fourth-order valence-electron chi connectivity index (χ4n) is 1.35. The molecule has 0 radical (unpaired) electrons. The topological polar surface area (TPSA) is 105 Å². The first kappa shape index (κ1) is 14.1. The Morgan fingerprint density at radius 3 is 2.72 bits per heavy atom. The highest BCUT2D eigenvalue weighted by atomic mass is 16.4. The average molecular weight is 251 g/mol. The van der Waals surface area contributed by atoms with Gasteiger partial charge in [0.1, 0.15) is 0 Å². The van der Waals surface area contributed by atoms with E-state index in [-0.39, 0.29) is 24.8 Å². The second kappa shape index (κ2) is 6.70. The molecule has 18 heavy (non-hydrogen) atoms. The zero-order valence-corrected chi connectivity index (χ0v) is 10.2. The quantitative estimate of drug-likeness (QED) is 0.692. The highest BCUT2D eigenvalue weighted by molar-refractivity contribution is 5.90. The van der Waals surface area contributed by atoms with Crippen molar-refractivity contribution in [1.82, 2.24) is 4.98 Å². The molecule has 6 nitrogen and oxygen atoms in total. The van der Waals surface area contributed by atoms with Crippen molar-refractivity contribution >= 4 is 17.6 Å². The summed E-state index contributed by atoms with van der Waals surface area (Å²) in [5.41, 5.74) is 6.65. The van der Waals surface area contributed by atoms with Crippen molar-refractivity contribution in [2.45, 2.75) is 32.2 Å². The van der Waals surface area contributed by atoms with Crippen molar-refractivity contribution in [2.75, 3.05) is 5.32 Å². The fraction of sp³-hybridized carbons (Fsp3) is 0.417. The first-order chi connectivity index (χ1) is 8.51. The van der Waals surface area contributed by atoms with Gasteiger partial charge in [-0.25, -0.2) is 0 Å². The molecule has 1 amide bonds. The Balaban J connectivity index is 2.53. The Kier molecular flexibility index (Phi) is 5.26. The van der Waals surface area contributed by atoms with E-state index in [2.05, 4.69) is 10.3 Å². The van der Waals surface area contributed by atoms with E-state index in [1.165, 1.54) is 6.20 Å². The summed E-state index contributed by atoms with van der Waals surface area (Å²) < 4.78 is 0. The molecule has 0 spiro atoms. The van der Waals surface area contributed by atoms with Crippen LogP contribution in [0.1, 0.15) is 25.5 Å². The van der Waals surface area contributed by atoms with Crippen LogP contribution in [0.4, 0.5) is 5.69 Å². The van der Waals surface area contributed by atoms with Gasteiger partial charge in [-0.1, -0.05) is 6.92 Å². The lowest BCUT2D eigenvalue weighted by Crippen LogP contribution is -2.26. The van der Waals surface area contributed by atoms with E-state index in [4.69, 9.17) is 10.8 Å². The number of carbonyl (C=O) groups is 2. The number of carboxylic acids is 1. The third-order valence-electron chi connectivity index (χ3n) is 2.41. The number of amides is 1. The lowest BCUT2D eigenvalue weighted by Gasteiger charge is -2.09. The SMILES string of the molecule is CCC(N)CC(=O)Nc1ccc(CC(=O)O)nc1. The van der Waals surface area contributed by atoms with E-state index >= 15 is 0 Å². The number of aliphatic carboxylic acids is 1. The van der Waals surface area contributed by atoms with Crippen LogP contribution in [-0.4, -0.2) is 28.0 Å². The zero-order chi connectivity index (χ0) is 13.5. The molecule has 6 heteroatoms. The minimum Gasteiger partial charge on any atom is -0.481 e. The summed E-state index contributed by atoms with van der Waals surface area (Å²) in [4.78, 5) is 25.9. The number of nitrogens with two attached hydrogens (primary N) is 1. The van der Waals surface area contributed by atoms with Gasteiger partial charge in [-0.05, 0) is 18.6 Å². The molecule has 0 bridgehead atoms. The standard InChI is InChI=1S/C12H17N3O3/c1-2-8(13)5-11(16)15-10-4-3-9(14-7-10)6-12(17)18/h3-4,7-8H,2,5-6,13H2,1H3,(H,15,16)(H,17,18). The number of anilines is 1. The van der Waals surface area contributed by atoms with Crippen LogP contribution in [0.2, 0.25) is 0 Å². The van der Waals surface area contributed by atoms with Gasteiger partial charge < -0.3 is 16.2 Å². The van der Waals surface area contributed by atoms with Crippen molar-refractivity contribution in [3.05, 3.63) is 24.0 Å². The number of aromatic nitrogens is 1. The third kappa shape index (κ3) is 4.92. The average Bonchev–Trinajstić information content (AvgIpc) is 2.30. The molecule has 1 aromatic heterocycles. The zero-order valence-electron chi connectivity index (χ0n) is 10.2. The van der Waals surface area contributed by atoms with E-state index in [1.807, 2.05) is 6.92 Å². The first-order valence-corrected chi connectivity index (χ1v) is 5.73. The number of nitrogens with one attached hydrogen (secondary N) is 1. The van der Waals surface area contributed by atoms with E-state index in [0.717, 1.165) is 6.42 Å². The summed E-state index contributed by atoms with van der Waals surface area (Å²) in [6.45, 7) is 1.92. The maximum atomic E-state index is 11.5. The van der Waals surface area contributed by atoms with Crippen molar-refractivity contribution in [3.8, 4) is 0 Å². The van der Waals surface area contributed by atoms with Crippen molar-refractivity contribution in [3.63, 3.8) is 0 Å². The third-order valence-corrected chi connectivity index (χ3v) is 2.41. The van der Waals surface area contributed by atoms with Crippen molar-refractivity contribution in [1.29, 1.82) is 0 Å². The Morgan fingerprint density at radius 2 is 2.22 bits per heavy atom. The second-order valence-electron chi connectivity index (χ2n) is 4.03. The van der Waals surface area contributed by atoms with Crippen LogP contribution >= 0.6 is 0 Å². The highest BCUT2D eigenvalue weighted by Crippen LogP contribution is 2.08. The number of rotatable bonds is 6. The summed E-state index contributed by atoms with van der Waals surface area (Å²) >= 11 is 0. The molecule has 0 fully saturated rings.